The van der Waals surface area contributed by atoms with Gasteiger partial charge in [0.15, 0.2) is 0 Å². The normalized spacial score (nSPS) is 15.1. The van der Waals surface area contributed by atoms with Gasteiger partial charge in [0.1, 0.15) is 11.9 Å². The summed E-state index contributed by atoms with van der Waals surface area (Å²) in [6, 6.07) is 14.4. The molecule has 178 valence electrons. The molecule has 0 radical (unpaired) electrons. The highest BCUT2D eigenvalue weighted by molar-refractivity contribution is 7.99. The molecule has 1 fully saturated rings. The Labute approximate surface area is 201 Å². The molecule has 0 spiro atoms. The van der Waals surface area contributed by atoms with E-state index in [2.05, 4.69) is 11.4 Å². The zero-order chi connectivity index (χ0) is 23.6. The van der Waals surface area contributed by atoms with Gasteiger partial charge < -0.3 is 10.2 Å². The van der Waals surface area contributed by atoms with Crippen LogP contribution in [0.15, 0.2) is 48.5 Å². The van der Waals surface area contributed by atoms with E-state index in [1.165, 1.54) is 24.2 Å². The van der Waals surface area contributed by atoms with Crippen LogP contribution in [0, 0.1) is 12.7 Å². The molecule has 0 heterocycles. The number of carbonyl (C=O) groups is 2. The fourth-order valence-corrected chi connectivity index (χ4v) is 5.31. The first-order valence-corrected chi connectivity index (χ1v) is 13.1. The smallest absolute Gasteiger partial charge is 0.243 e. The maximum Gasteiger partial charge on any atom is 0.243 e. The quantitative estimate of drug-likeness (QED) is 0.490. The maximum absolute atomic E-state index is 13.9. The third kappa shape index (κ3) is 7.60. The Bertz CT molecular complexity index is 930. The monoisotopic (exact) mass is 470 g/mol. The van der Waals surface area contributed by atoms with Gasteiger partial charge in [-0.1, -0.05) is 74.2 Å². The molecule has 0 unspecified atom stereocenters. The molecule has 0 aromatic heterocycles. The van der Waals surface area contributed by atoms with Crippen molar-refractivity contribution in [2.75, 3.05) is 5.75 Å². The van der Waals surface area contributed by atoms with Crippen LogP contribution in [0.3, 0.4) is 0 Å². The number of nitrogens with one attached hydrogen (secondary N) is 1. The van der Waals surface area contributed by atoms with E-state index in [1.54, 1.807) is 23.1 Å². The number of aryl methyl sites for hydroxylation is 1. The number of halogens is 1. The number of carbonyl (C=O) groups excluding carboxylic acids is 2. The van der Waals surface area contributed by atoms with Crippen molar-refractivity contribution in [1.29, 1.82) is 0 Å². The van der Waals surface area contributed by atoms with Crippen molar-refractivity contribution in [3.8, 4) is 0 Å². The van der Waals surface area contributed by atoms with E-state index >= 15 is 0 Å². The van der Waals surface area contributed by atoms with Crippen LogP contribution >= 0.6 is 11.8 Å². The summed E-state index contributed by atoms with van der Waals surface area (Å²) in [5.41, 5.74) is 2.71. The average Bonchev–Trinajstić information content (AvgIpc) is 2.81. The summed E-state index contributed by atoms with van der Waals surface area (Å²) in [4.78, 5) is 28.3. The molecule has 1 atom stereocenters. The molecule has 1 aliphatic carbocycles. The number of rotatable bonds is 10. The SMILES string of the molecule is CC[C@@H](C(=O)NC1CCCCC1)N(Cc1cccc(C)c1)C(=O)CSCc1ccccc1F. The van der Waals surface area contributed by atoms with Crippen molar-refractivity contribution < 1.29 is 14.0 Å². The van der Waals surface area contributed by atoms with Crippen LogP contribution in [-0.2, 0) is 21.9 Å². The Hall–Kier alpha value is -2.34. The van der Waals surface area contributed by atoms with Crippen LogP contribution in [0.5, 0.6) is 0 Å². The minimum Gasteiger partial charge on any atom is -0.352 e. The van der Waals surface area contributed by atoms with Crippen molar-refractivity contribution in [1.82, 2.24) is 10.2 Å². The van der Waals surface area contributed by atoms with E-state index in [0.29, 0.717) is 24.3 Å². The lowest BCUT2D eigenvalue weighted by molar-refractivity contribution is -0.139. The van der Waals surface area contributed by atoms with Crippen LogP contribution in [0.2, 0.25) is 0 Å². The number of nitrogens with zero attached hydrogens (tertiary/aromatic N) is 1. The minimum atomic E-state index is -0.519. The third-order valence-corrected chi connectivity index (χ3v) is 7.18. The predicted molar refractivity (Wildman–Crippen MR) is 133 cm³/mol. The molecule has 3 rings (SSSR count). The highest BCUT2D eigenvalue weighted by atomic mass is 32.2. The zero-order valence-corrected chi connectivity index (χ0v) is 20.5. The molecule has 2 amide bonds. The fourth-order valence-electron chi connectivity index (χ4n) is 4.42. The van der Waals surface area contributed by atoms with Crippen LogP contribution in [0.4, 0.5) is 4.39 Å². The second-order valence-electron chi connectivity index (χ2n) is 8.86. The molecular formula is C27H35FN2O2S. The largest absolute Gasteiger partial charge is 0.352 e. The Kier molecular flexibility index (Phi) is 9.79. The van der Waals surface area contributed by atoms with E-state index < -0.39 is 6.04 Å². The Balaban J connectivity index is 1.71. The molecule has 0 aliphatic heterocycles. The molecule has 0 bridgehead atoms. The third-order valence-electron chi connectivity index (χ3n) is 6.21. The van der Waals surface area contributed by atoms with Crippen LogP contribution in [0.1, 0.15) is 62.1 Å². The number of amides is 2. The van der Waals surface area contributed by atoms with Gasteiger partial charge in [0, 0.05) is 18.3 Å². The van der Waals surface area contributed by atoms with Gasteiger partial charge in [-0.25, -0.2) is 4.39 Å². The van der Waals surface area contributed by atoms with Crippen LogP contribution in [0.25, 0.3) is 0 Å². The summed E-state index contributed by atoms with van der Waals surface area (Å²) >= 11 is 1.38. The summed E-state index contributed by atoms with van der Waals surface area (Å²) in [5.74, 6) is 0.204. The van der Waals surface area contributed by atoms with Crippen molar-refractivity contribution in [2.45, 2.75) is 76.8 Å². The van der Waals surface area contributed by atoms with Crippen molar-refractivity contribution in [3.63, 3.8) is 0 Å². The minimum absolute atomic E-state index is 0.0653. The summed E-state index contributed by atoms with van der Waals surface area (Å²) in [7, 11) is 0. The van der Waals surface area contributed by atoms with Gasteiger partial charge in [0.2, 0.25) is 11.8 Å². The van der Waals surface area contributed by atoms with E-state index in [0.717, 1.165) is 36.8 Å². The Morgan fingerprint density at radius 3 is 2.58 bits per heavy atom. The number of hydrogen-bond acceptors (Lipinski definition) is 3. The highest BCUT2D eigenvalue weighted by Gasteiger charge is 2.30. The molecule has 1 saturated carbocycles. The average molecular weight is 471 g/mol. The lowest BCUT2D eigenvalue weighted by Gasteiger charge is -2.33. The van der Waals surface area contributed by atoms with Gasteiger partial charge in [0.05, 0.1) is 5.75 Å². The highest BCUT2D eigenvalue weighted by Crippen LogP contribution is 2.21. The molecule has 6 heteroatoms. The topological polar surface area (TPSA) is 49.4 Å². The summed E-state index contributed by atoms with van der Waals surface area (Å²) in [6.45, 7) is 4.36. The van der Waals surface area contributed by atoms with Crippen molar-refractivity contribution in [3.05, 3.63) is 71.0 Å². The maximum atomic E-state index is 13.9. The molecule has 1 N–H and O–H groups in total. The van der Waals surface area contributed by atoms with Gasteiger partial charge in [0.25, 0.3) is 0 Å². The lowest BCUT2D eigenvalue weighted by Crippen LogP contribution is -2.52. The number of thioether (sulfide) groups is 1. The molecule has 0 saturated heterocycles. The second-order valence-corrected chi connectivity index (χ2v) is 9.85. The van der Waals surface area contributed by atoms with E-state index in [1.807, 2.05) is 32.0 Å². The van der Waals surface area contributed by atoms with Gasteiger partial charge in [-0.3, -0.25) is 9.59 Å². The Morgan fingerprint density at radius 1 is 1.12 bits per heavy atom. The van der Waals surface area contributed by atoms with Gasteiger partial charge in [-0.05, 0) is 43.4 Å². The van der Waals surface area contributed by atoms with Gasteiger partial charge in [-0.2, -0.15) is 0 Å². The standard InChI is InChI=1S/C27H35FN2O2S/c1-3-25(27(32)29-23-13-5-4-6-14-23)30(17-21-11-9-10-20(2)16-21)26(31)19-33-18-22-12-7-8-15-24(22)28/h7-12,15-16,23,25H,3-6,13-14,17-19H2,1-2H3,(H,29,32)/t25-/m0/s1. The number of benzene rings is 2. The first-order chi connectivity index (χ1) is 16.0. The summed E-state index contributed by atoms with van der Waals surface area (Å²) < 4.78 is 13.9. The van der Waals surface area contributed by atoms with Gasteiger partial charge in [-0.15, -0.1) is 11.8 Å². The Morgan fingerprint density at radius 2 is 1.88 bits per heavy atom. The molecule has 1 aliphatic rings. The predicted octanol–water partition coefficient (Wildman–Crippen LogP) is 5.62. The zero-order valence-electron chi connectivity index (χ0n) is 19.7. The molecule has 2 aromatic rings. The van der Waals surface area contributed by atoms with Crippen LogP contribution < -0.4 is 5.32 Å². The van der Waals surface area contributed by atoms with Crippen molar-refractivity contribution in [2.24, 2.45) is 0 Å². The molecular weight excluding hydrogens is 435 g/mol. The molecule has 33 heavy (non-hydrogen) atoms. The van der Waals surface area contributed by atoms with Gasteiger partial charge >= 0.3 is 0 Å². The van der Waals surface area contributed by atoms with E-state index in [-0.39, 0.29) is 29.4 Å². The summed E-state index contributed by atoms with van der Waals surface area (Å²) in [5, 5.41) is 3.20. The number of hydrogen-bond donors (Lipinski definition) is 1. The van der Waals surface area contributed by atoms with Crippen molar-refractivity contribution >= 4 is 23.6 Å². The molecule has 4 nitrogen and oxygen atoms in total. The fraction of sp³-hybridized carbons (Fsp3) is 0.481. The molecule has 2 aromatic carbocycles. The first-order valence-electron chi connectivity index (χ1n) is 11.9. The van der Waals surface area contributed by atoms with Crippen LogP contribution in [-0.4, -0.2) is 34.6 Å². The van der Waals surface area contributed by atoms with E-state index in [4.69, 9.17) is 0 Å². The summed E-state index contributed by atoms with van der Waals surface area (Å²) in [6.07, 6.45) is 6.06. The van der Waals surface area contributed by atoms with E-state index in [9.17, 15) is 14.0 Å². The second kappa shape index (κ2) is 12.8. The lowest BCUT2D eigenvalue weighted by atomic mass is 9.95. The first kappa shape index (κ1) is 25.3.